The Hall–Kier alpha value is -1.52. The fourth-order valence-corrected chi connectivity index (χ4v) is 2.58. The van der Waals surface area contributed by atoms with Gasteiger partial charge in [-0.05, 0) is 25.1 Å². The first-order valence-electron chi connectivity index (χ1n) is 5.95. The van der Waals surface area contributed by atoms with Gasteiger partial charge in [-0.25, -0.2) is 0 Å². The minimum absolute atomic E-state index is 0.0561. The molecule has 4 nitrogen and oxygen atoms in total. The molecule has 0 aliphatic heterocycles. The first-order chi connectivity index (χ1) is 9.10. The second kappa shape index (κ2) is 5.63. The van der Waals surface area contributed by atoms with Crippen molar-refractivity contribution in [1.29, 1.82) is 0 Å². The largest absolute Gasteiger partial charge is 0.497 e. The van der Waals surface area contributed by atoms with E-state index in [1.165, 1.54) is 6.92 Å². The molecule has 0 saturated heterocycles. The summed E-state index contributed by atoms with van der Waals surface area (Å²) in [7, 11) is 3.23. The van der Waals surface area contributed by atoms with Crippen LogP contribution in [0.15, 0.2) is 18.2 Å². The van der Waals surface area contributed by atoms with Crippen molar-refractivity contribution >= 4 is 28.3 Å². The molecule has 2 rings (SSSR count). The molecule has 1 aromatic heterocycles. The third-order valence-electron chi connectivity index (χ3n) is 3.08. The van der Waals surface area contributed by atoms with E-state index in [4.69, 9.17) is 21.1 Å². The standard InChI is InChI=1S/C14H16ClNO3/c1-9(17)13-11-8-10(19-3)4-5-12(11)16(14(13)15)6-7-18-2/h4-5,8H,6-7H2,1-3H3. The molecule has 0 fully saturated rings. The first-order valence-corrected chi connectivity index (χ1v) is 6.33. The molecule has 102 valence electrons. The molecule has 1 heterocycles. The highest BCUT2D eigenvalue weighted by Gasteiger charge is 2.19. The Labute approximate surface area is 116 Å². The Kier molecular flexibility index (Phi) is 4.12. The summed E-state index contributed by atoms with van der Waals surface area (Å²) < 4.78 is 12.2. The van der Waals surface area contributed by atoms with Crippen molar-refractivity contribution in [1.82, 2.24) is 4.57 Å². The summed E-state index contributed by atoms with van der Waals surface area (Å²) in [6, 6.07) is 5.59. The maximum atomic E-state index is 11.8. The maximum absolute atomic E-state index is 11.8. The van der Waals surface area contributed by atoms with Crippen molar-refractivity contribution in [3.8, 4) is 5.75 Å². The molecule has 0 aliphatic rings. The number of ether oxygens (including phenoxy) is 2. The zero-order chi connectivity index (χ0) is 14.0. The predicted molar refractivity (Wildman–Crippen MR) is 75.4 cm³/mol. The highest BCUT2D eigenvalue weighted by Crippen LogP contribution is 2.32. The van der Waals surface area contributed by atoms with Crippen molar-refractivity contribution < 1.29 is 14.3 Å². The van der Waals surface area contributed by atoms with Crippen LogP contribution in [0.3, 0.4) is 0 Å². The lowest BCUT2D eigenvalue weighted by Crippen LogP contribution is -2.04. The highest BCUT2D eigenvalue weighted by atomic mass is 35.5. The number of carbonyl (C=O) groups excluding carboxylic acids is 1. The van der Waals surface area contributed by atoms with E-state index in [2.05, 4.69) is 0 Å². The number of ketones is 1. The molecule has 0 bridgehead atoms. The number of Topliss-reactive ketones (excluding diaryl/α,β-unsaturated/α-hetero) is 1. The molecule has 2 aromatic rings. The van der Waals surface area contributed by atoms with Gasteiger partial charge in [0, 0.05) is 19.0 Å². The molecule has 1 aromatic carbocycles. The Morgan fingerprint density at radius 3 is 2.68 bits per heavy atom. The molecule has 0 saturated carbocycles. The summed E-state index contributed by atoms with van der Waals surface area (Å²) in [6.07, 6.45) is 0. The van der Waals surface area contributed by atoms with E-state index in [1.807, 2.05) is 22.8 Å². The van der Waals surface area contributed by atoms with Gasteiger partial charge in [0.25, 0.3) is 0 Å². The number of methoxy groups -OCH3 is 2. The van der Waals surface area contributed by atoms with Crippen molar-refractivity contribution in [2.75, 3.05) is 20.8 Å². The average Bonchev–Trinajstić information content (AvgIpc) is 2.67. The molecule has 5 heteroatoms. The van der Waals surface area contributed by atoms with Crippen molar-refractivity contribution in [2.24, 2.45) is 0 Å². The van der Waals surface area contributed by atoms with E-state index in [0.717, 1.165) is 10.9 Å². The Morgan fingerprint density at radius 1 is 1.37 bits per heavy atom. The zero-order valence-corrected chi connectivity index (χ0v) is 12.0. The van der Waals surface area contributed by atoms with Crippen LogP contribution in [0.2, 0.25) is 5.15 Å². The second-order valence-electron chi connectivity index (χ2n) is 4.25. The van der Waals surface area contributed by atoms with E-state index >= 15 is 0 Å². The van der Waals surface area contributed by atoms with Crippen molar-refractivity contribution in [3.63, 3.8) is 0 Å². The van der Waals surface area contributed by atoms with E-state index in [9.17, 15) is 4.79 Å². The number of hydrogen-bond donors (Lipinski definition) is 0. The molecule has 0 aliphatic carbocycles. The molecule has 19 heavy (non-hydrogen) atoms. The summed E-state index contributed by atoms with van der Waals surface area (Å²) in [5, 5.41) is 1.26. The third kappa shape index (κ3) is 2.46. The number of rotatable bonds is 5. The number of aromatic nitrogens is 1. The molecule has 0 atom stereocenters. The molecule has 0 radical (unpaired) electrons. The number of carbonyl (C=O) groups is 1. The minimum atomic E-state index is -0.0561. The fourth-order valence-electron chi connectivity index (χ4n) is 2.17. The van der Waals surface area contributed by atoms with Crippen LogP contribution in [0.5, 0.6) is 5.75 Å². The second-order valence-corrected chi connectivity index (χ2v) is 4.61. The van der Waals surface area contributed by atoms with Crippen molar-refractivity contribution in [3.05, 3.63) is 28.9 Å². The fraction of sp³-hybridized carbons (Fsp3) is 0.357. The lowest BCUT2D eigenvalue weighted by Gasteiger charge is -2.06. The van der Waals surface area contributed by atoms with Gasteiger partial charge in [-0.2, -0.15) is 0 Å². The van der Waals surface area contributed by atoms with Gasteiger partial charge in [-0.1, -0.05) is 11.6 Å². The van der Waals surface area contributed by atoms with Crippen LogP contribution >= 0.6 is 11.6 Å². The van der Waals surface area contributed by atoms with Gasteiger partial charge in [-0.15, -0.1) is 0 Å². The number of nitrogens with zero attached hydrogens (tertiary/aromatic N) is 1. The van der Waals surface area contributed by atoms with E-state index in [-0.39, 0.29) is 5.78 Å². The van der Waals surface area contributed by atoms with Gasteiger partial charge in [-0.3, -0.25) is 4.79 Å². The van der Waals surface area contributed by atoms with Gasteiger partial charge in [0.2, 0.25) is 0 Å². The highest BCUT2D eigenvalue weighted by molar-refractivity contribution is 6.35. The quantitative estimate of drug-likeness (QED) is 0.791. The third-order valence-corrected chi connectivity index (χ3v) is 3.47. The van der Waals surface area contributed by atoms with E-state index in [0.29, 0.717) is 29.6 Å². The van der Waals surface area contributed by atoms with Gasteiger partial charge in [0.15, 0.2) is 5.78 Å². The monoisotopic (exact) mass is 281 g/mol. The zero-order valence-electron chi connectivity index (χ0n) is 11.2. The minimum Gasteiger partial charge on any atom is -0.497 e. The average molecular weight is 282 g/mol. The maximum Gasteiger partial charge on any atom is 0.163 e. The predicted octanol–water partition coefficient (Wildman–Crippen LogP) is 3.15. The Bertz CT molecular complexity index is 619. The molecule has 0 spiro atoms. The van der Waals surface area contributed by atoms with Gasteiger partial charge >= 0.3 is 0 Å². The normalized spacial score (nSPS) is 10.9. The van der Waals surface area contributed by atoms with Crippen LogP contribution < -0.4 is 4.74 Å². The molecular weight excluding hydrogens is 266 g/mol. The van der Waals surface area contributed by atoms with Crippen LogP contribution in [0.25, 0.3) is 10.9 Å². The van der Waals surface area contributed by atoms with Gasteiger partial charge < -0.3 is 14.0 Å². The van der Waals surface area contributed by atoms with Crippen LogP contribution in [0, 0.1) is 0 Å². The molecule has 0 N–H and O–H groups in total. The van der Waals surface area contributed by atoms with Crippen LogP contribution in [0.4, 0.5) is 0 Å². The summed E-state index contributed by atoms with van der Waals surface area (Å²) in [5.41, 5.74) is 1.44. The number of halogens is 1. The van der Waals surface area contributed by atoms with Crippen LogP contribution in [-0.2, 0) is 11.3 Å². The summed E-state index contributed by atoms with van der Waals surface area (Å²) in [4.78, 5) is 11.8. The Morgan fingerprint density at radius 2 is 2.11 bits per heavy atom. The van der Waals surface area contributed by atoms with E-state index < -0.39 is 0 Å². The summed E-state index contributed by atoms with van der Waals surface area (Å²) in [6.45, 7) is 2.65. The number of benzene rings is 1. The molecule has 0 unspecified atom stereocenters. The lowest BCUT2D eigenvalue weighted by molar-refractivity contribution is 0.101. The van der Waals surface area contributed by atoms with Gasteiger partial charge in [0.05, 0.1) is 24.8 Å². The molecule has 0 amide bonds. The SMILES string of the molecule is COCCn1c(Cl)c(C(C)=O)c2cc(OC)ccc21. The van der Waals surface area contributed by atoms with Crippen LogP contribution in [0.1, 0.15) is 17.3 Å². The number of hydrogen-bond acceptors (Lipinski definition) is 3. The Balaban J connectivity index is 2.68. The summed E-state index contributed by atoms with van der Waals surface area (Å²) >= 11 is 6.32. The first kappa shape index (κ1) is 13.9. The smallest absolute Gasteiger partial charge is 0.163 e. The topological polar surface area (TPSA) is 40.5 Å². The summed E-state index contributed by atoms with van der Waals surface area (Å²) in [5.74, 6) is 0.648. The number of fused-ring (bicyclic) bond motifs is 1. The lowest BCUT2D eigenvalue weighted by atomic mass is 10.1. The van der Waals surface area contributed by atoms with E-state index in [1.54, 1.807) is 14.2 Å². The van der Waals surface area contributed by atoms with Crippen LogP contribution in [-0.4, -0.2) is 31.2 Å². The van der Waals surface area contributed by atoms with Crippen molar-refractivity contribution in [2.45, 2.75) is 13.5 Å². The molecular formula is C14H16ClNO3. The van der Waals surface area contributed by atoms with Gasteiger partial charge in [0.1, 0.15) is 10.9 Å².